The van der Waals surface area contributed by atoms with Crippen molar-refractivity contribution < 1.29 is 4.74 Å². The minimum atomic E-state index is 0.247. The third-order valence-corrected chi connectivity index (χ3v) is 5.26. The molecule has 2 aromatic rings. The second kappa shape index (κ2) is 10.4. The summed E-state index contributed by atoms with van der Waals surface area (Å²) < 4.78 is 5.42. The van der Waals surface area contributed by atoms with Crippen molar-refractivity contribution in [2.24, 2.45) is 0 Å². The molecule has 1 saturated heterocycles. The molecule has 1 aliphatic heterocycles. The van der Waals surface area contributed by atoms with E-state index in [4.69, 9.17) is 10.5 Å². The number of morpholine rings is 1. The first-order valence-electron chi connectivity index (χ1n) is 10.8. The first-order chi connectivity index (χ1) is 14.4. The summed E-state index contributed by atoms with van der Waals surface area (Å²) in [5.74, 6) is 1.65. The van der Waals surface area contributed by atoms with Crippen LogP contribution in [0.1, 0.15) is 27.7 Å². The molecule has 30 heavy (non-hydrogen) atoms. The van der Waals surface area contributed by atoms with E-state index in [-0.39, 0.29) is 5.95 Å². The van der Waals surface area contributed by atoms with Crippen LogP contribution in [0.25, 0.3) is 0 Å². The van der Waals surface area contributed by atoms with Gasteiger partial charge in [0, 0.05) is 55.7 Å². The van der Waals surface area contributed by atoms with Crippen LogP contribution in [0.5, 0.6) is 0 Å². The summed E-state index contributed by atoms with van der Waals surface area (Å²) in [6, 6.07) is 11.2. The van der Waals surface area contributed by atoms with Crippen molar-refractivity contribution >= 4 is 29.0 Å². The Morgan fingerprint density at radius 1 is 1.03 bits per heavy atom. The van der Waals surface area contributed by atoms with Gasteiger partial charge in [0.2, 0.25) is 5.95 Å². The minimum Gasteiger partial charge on any atom is -0.378 e. The van der Waals surface area contributed by atoms with Gasteiger partial charge in [0.1, 0.15) is 11.6 Å². The van der Waals surface area contributed by atoms with Gasteiger partial charge in [-0.1, -0.05) is 0 Å². The molecular formula is C22H35N7O. The average molecular weight is 414 g/mol. The lowest BCUT2D eigenvalue weighted by Gasteiger charge is -2.30. The van der Waals surface area contributed by atoms with Gasteiger partial charge in [-0.2, -0.15) is 9.97 Å². The number of benzene rings is 1. The largest absolute Gasteiger partial charge is 0.378 e. The molecule has 1 aliphatic rings. The molecule has 0 unspecified atom stereocenters. The Labute approximate surface area is 179 Å². The number of nitrogen functional groups attached to an aromatic ring is 1. The highest BCUT2D eigenvalue weighted by Crippen LogP contribution is 2.22. The fraction of sp³-hybridized carbons (Fsp3) is 0.545. The molecule has 4 N–H and O–H groups in total. The van der Waals surface area contributed by atoms with Crippen LogP contribution in [0.4, 0.5) is 29.0 Å². The third kappa shape index (κ3) is 6.21. The van der Waals surface area contributed by atoms with Gasteiger partial charge in [0.25, 0.3) is 0 Å². The summed E-state index contributed by atoms with van der Waals surface area (Å²) in [5, 5.41) is 6.70. The van der Waals surface area contributed by atoms with Crippen LogP contribution in [0.15, 0.2) is 30.3 Å². The highest BCUT2D eigenvalue weighted by Gasteiger charge is 2.13. The topological polar surface area (TPSA) is 91.6 Å². The number of hydrogen-bond acceptors (Lipinski definition) is 8. The molecule has 0 aliphatic carbocycles. The van der Waals surface area contributed by atoms with Crippen molar-refractivity contribution in [3.8, 4) is 0 Å². The smallest absolute Gasteiger partial charge is 0.223 e. The summed E-state index contributed by atoms with van der Waals surface area (Å²) in [6.07, 6.45) is 0. The molecule has 0 atom stereocenters. The Morgan fingerprint density at radius 2 is 1.67 bits per heavy atom. The SMILES string of the molecule is CC(C)N(CCNc1cc(Nc2ccc(N3CCOCC3)cc2)nc(N)n1)C(C)C. The van der Waals surface area contributed by atoms with Crippen LogP contribution in [-0.2, 0) is 4.74 Å². The van der Waals surface area contributed by atoms with Gasteiger partial charge >= 0.3 is 0 Å². The maximum absolute atomic E-state index is 5.93. The van der Waals surface area contributed by atoms with Gasteiger partial charge in [-0.25, -0.2) is 0 Å². The summed E-state index contributed by atoms with van der Waals surface area (Å²) in [7, 11) is 0. The predicted octanol–water partition coefficient (Wildman–Crippen LogP) is 3.17. The standard InChI is InChI=1S/C22H35N7O/c1-16(2)29(17(3)4)10-9-24-20-15-21(27-22(23)26-20)25-18-5-7-19(8-6-18)28-11-13-30-14-12-28/h5-8,15-17H,9-14H2,1-4H3,(H4,23,24,25,26,27). The van der Waals surface area contributed by atoms with E-state index in [1.54, 1.807) is 0 Å². The number of hydrogen-bond donors (Lipinski definition) is 3. The van der Waals surface area contributed by atoms with Crippen LogP contribution < -0.4 is 21.3 Å². The fourth-order valence-corrected chi connectivity index (χ4v) is 3.77. The molecule has 1 fully saturated rings. The van der Waals surface area contributed by atoms with Crippen LogP contribution in [0, 0.1) is 0 Å². The Hall–Kier alpha value is -2.58. The number of aromatic nitrogens is 2. The summed E-state index contributed by atoms with van der Waals surface area (Å²) in [4.78, 5) is 13.4. The number of nitrogens with one attached hydrogen (secondary N) is 2. The van der Waals surface area contributed by atoms with E-state index in [9.17, 15) is 0 Å². The van der Waals surface area contributed by atoms with E-state index >= 15 is 0 Å². The molecule has 0 amide bonds. The lowest BCUT2D eigenvalue weighted by Crippen LogP contribution is -2.40. The highest BCUT2D eigenvalue weighted by atomic mass is 16.5. The molecular weight excluding hydrogens is 378 g/mol. The lowest BCUT2D eigenvalue weighted by molar-refractivity contribution is 0.122. The van der Waals surface area contributed by atoms with Crippen LogP contribution in [-0.4, -0.2) is 66.3 Å². The first kappa shape index (κ1) is 22.1. The minimum absolute atomic E-state index is 0.247. The summed E-state index contributed by atoms with van der Waals surface area (Å²) in [5.41, 5.74) is 8.09. The molecule has 1 aromatic heterocycles. The van der Waals surface area contributed by atoms with Crippen molar-refractivity contribution in [2.75, 3.05) is 60.7 Å². The quantitative estimate of drug-likeness (QED) is 0.577. The number of ether oxygens (including phenoxy) is 1. The second-order valence-electron chi connectivity index (χ2n) is 8.12. The number of nitrogens with two attached hydrogens (primary N) is 1. The van der Waals surface area contributed by atoms with E-state index < -0.39 is 0 Å². The summed E-state index contributed by atoms with van der Waals surface area (Å²) in [6.45, 7) is 14.0. The molecule has 8 nitrogen and oxygen atoms in total. The van der Waals surface area contributed by atoms with Gasteiger partial charge < -0.3 is 26.0 Å². The Morgan fingerprint density at radius 3 is 2.30 bits per heavy atom. The monoisotopic (exact) mass is 413 g/mol. The Kier molecular flexibility index (Phi) is 7.70. The van der Waals surface area contributed by atoms with Gasteiger partial charge in [-0.3, -0.25) is 4.90 Å². The number of nitrogens with zero attached hydrogens (tertiary/aromatic N) is 4. The number of rotatable bonds is 9. The predicted molar refractivity (Wildman–Crippen MR) is 125 cm³/mol. The van der Waals surface area contributed by atoms with Gasteiger partial charge in [-0.15, -0.1) is 0 Å². The van der Waals surface area contributed by atoms with Gasteiger partial charge in [0.15, 0.2) is 0 Å². The van der Waals surface area contributed by atoms with E-state index in [2.05, 4.69) is 82.4 Å². The molecule has 164 valence electrons. The molecule has 0 spiro atoms. The Balaban J connectivity index is 1.59. The van der Waals surface area contributed by atoms with Crippen molar-refractivity contribution in [1.82, 2.24) is 14.9 Å². The molecule has 0 saturated carbocycles. The zero-order chi connectivity index (χ0) is 21.5. The first-order valence-corrected chi connectivity index (χ1v) is 10.8. The summed E-state index contributed by atoms with van der Waals surface area (Å²) >= 11 is 0. The third-order valence-electron chi connectivity index (χ3n) is 5.26. The van der Waals surface area contributed by atoms with Crippen LogP contribution in [0.2, 0.25) is 0 Å². The lowest BCUT2D eigenvalue weighted by atomic mass is 10.2. The van der Waals surface area contributed by atoms with Crippen molar-refractivity contribution in [1.29, 1.82) is 0 Å². The number of anilines is 5. The van der Waals surface area contributed by atoms with Gasteiger partial charge in [-0.05, 0) is 52.0 Å². The molecule has 3 rings (SSSR count). The molecule has 0 bridgehead atoms. The Bertz CT molecular complexity index is 781. The average Bonchev–Trinajstić information content (AvgIpc) is 2.71. The zero-order valence-corrected chi connectivity index (χ0v) is 18.6. The normalized spacial score (nSPS) is 14.6. The molecule has 1 aromatic carbocycles. The molecule has 0 radical (unpaired) electrons. The zero-order valence-electron chi connectivity index (χ0n) is 18.6. The van der Waals surface area contributed by atoms with Crippen LogP contribution in [0.3, 0.4) is 0 Å². The van der Waals surface area contributed by atoms with Crippen LogP contribution >= 0.6 is 0 Å². The van der Waals surface area contributed by atoms with Crippen molar-refractivity contribution in [3.05, 3.63) is 30.3 Å². The van der Waals surface area contributed by atoms with E-state index in [0.717, 1.165) is 50.9 Å². The molecule has 8 heteroatoms. The van der Waals surface area contributed by atoms with Crippen molar-refractivity contribution in [3.63, 3.8) is 0 Å². The van der Waals surface area contributed by atoms with Crippen molar-refractivity contribution in [2.45, 2.75) is 39.8 Å². The van der Waals surface area contributed by atoms with E-state index in [0.29, 0.717) is 17.9 Å². The molecule has 2 heterocycles. The second-order valence-corrected chi connectivity index (χ2v) is 8.12. The maximum Gasteiger partial charge on any atom is 0.223 e. The van der Waals surface area contributed by atoms with Gasteiger partial charge in [0.05, 0.1) is 13.2 Å². The van der Waals surface area contributed by atoms with E-state index in [1.165, 1.54) is 5.69 Å². The fourth-order valence-electron chi connectivity index (χ4n) is 3.77. The maximum atomic E-state index is 5.93. The van der Waals surface area contributed by atoms with E-state index in [1.807, 2.05) is 6.07 Å². The highest BCUT2D eigenvalue weighted by molar-refractivity contribution is 5.63.